The van der Waals surface area contributed by atoms with Gasteiger partial charge in [-0.15, -0.1) is 0 Å². The monoisotopic (exact) mass is 283 g/mol. The van der Waals surface area contributed by atoms with Crippen LogP contribution in [0.25, 0.3) is 0 Å². The Morgan fingerprint density at radius 1 is 0.857 bits per heavy atom. The number of ether oxygens (including phenoxy) is 2. The van der Waals surface area contributed by atoms with Crippen molar-refractivity contribution in [2.24, 2.45) is 0 Å². The van der Waals surface area contributed by atoms with Crippen molar-refractivity contribution < 1.29 is 9.47 Å². The summed E-state index contributed by atoms with van der Waals surface area (Å²) in [5.74, 6) is 0. The molecule has 1 aliphatic rings. The Morgan fingerprint density at radius 2 is 1.57 bits per heavy atom. The van der Waals surface area contributed by atoms with Crippen LogP contribution in [0.4, 0.5) is 0 Å². The molecule has 2 aromatic rings. The molecule has 0 saturated carbocycles. The van der Waals surface area contributed by atoms with Crippen LogP contribution in [0.3, 0.4) is 0 Å². The first-order chi connectivity index (χ1) is 10.4. The predicted molar refractivity (Wildman–Crippen MR) is 83.0 cm³/mol. The average molecular weight is 283 g/mol. The van der Waals surface area contributed by atoms with Crippen LogP contribution in [0.2, 0.25) is 0 Å². The van der Waals surface area contributed by atoms with Crippen LogP contribution >= 0.6 is 0 Å². The summed E-state index contributed by atoms with van der Waals surface area (Å²) in [4.78, 5) is 0. The molecule has 0 amide bonds. The molecule has 2 atom stereocenters. The molecule has 1 heterocycles. The summed E-state index contributed by atoms with van der Waals surface area (Å²) in [5.41, 5.74) is 2.48. The van der Waals surface area contributed by atoms with Gasteiger partial charge < -0.3 is 14.8 Å². The highest BCUT2D eigenvalue weighted by molar-refractivity contribution is 5.18. The zero-order valence-corrected chi connectivity index (χ0v) is 12.1. The summed E-state index contributed by atoms with van der Waals surface area (Å²) in [6, 6.07) is 20.6. The van der Waals surface area contributed by atoms with Gasteiger partial charge in [-0.1, -0.05) is 60.7 Å². The van der Waals surface area contributed by atoms with Gasteiger partial charge in [-0.05, 0) is 11.1 Å². The first-order valence-electron chi connectivity index (χ1n) is 7.44. The van der Waals surface area contributed by atoms with Crippen molar-refractivity contribution in [3.63, 3.8) is 0 Å². The van der Waals surface area contributed by atoms with Crippen molar-refractivity contribution in [3.05, 3.63) is 71.8 Å². The van der Waals surface area contributed by atoms with Gasteiger partial charge in [0, 0.05) is 13.1 Å². The Kier molecular flexibility index (Phi) is 5.00. The summed E-state index contributed by atoms with van der Waals surface area (Å²) in [6.45, 7) is 2.95. The summed E-state index contributed by atoms with van der Waals surface area (Å²) in [7, 11) is 0. The number of benzene rings is 2. The van der Waals surface area contributed by atoms with Crippen LogP contribution in [0.1, 0.15) is 17.2 Å². The van der Waals surface area contributed by atoms with E-state index in [2.05, 4.69) is 41.7 Å². The second kappa shape index (κ2) is 7.36. The van der Waals surface area contributed by atoms with E-state index in [0.717, 1.165) is 13.1 Å². The Morgan fingerprint density at radius 3 is 2.24 bits per heavy atom. The largest absolute Gasteiger partial charge is 0.371 e. The topological polar surface area (TPSA) is 30.5 Å². The Bertz CT molecular complexity index is 519. The molecule has 1 saturated heterocycles. The third-order valence-electron chi connectivity index (χ3n) is 3.68. The molecule has 1 aliphatic heterocycles. The van der Waals surface area contributed by atoms with Crippen molar-refractivity contribution in [2.75, 3.05) is 19.8 Å². The fraction of sp³-hybridized carbons (Fsp3) is 0.333. The molecule has 1 N–H and O–H groups in total. The normalized spacial score (nSPS) is 22.1. The molecular weight excluding hydrogens is 262 g/mol. The van der Waals surface area contributed by atoms with E-state index in [1.54, 1.807) is 0 Å². The van der Waals surface area contributed by atoms with Gasteiger partial charge in [-0.2, -0.15) is 0 Å². The second-order valence-electron chi connectivity index (χ2n) is 5.30. The zero-order valence-electron chi connectivity index (χ0n) is 12.1. The minimum Gasteiger partial charge on any atom is -0.371 e. The molecule has 2 aromatic carbocycles. The van der Waals surface area contributed by atoms with Gasteiger partial charge in [0.25, 0.3) is 0 Å². The summed E-state index contributed by atoms with van der Waals surface area (Å²) in [5, 5.41) is 3.42. The van der Waals surface area contributed by atoms with E-state index in [1.165, 1.54) is 11.1 Å². The summed E-state index contributed by atoms with van der Waals surface area (Å²) < 4.78 is 11.8. The van der Waals surface area contributed by atoms with E-state index in [0.29, 0.717) is 13.2 Å². The molecule has 110 valence electrons. The van der Waals surface area contributed by atoms with E-state index >= 15 is 0 Å². The molecule has 21 heavy (non-hydrogen) atoms. The Balaban J connectivity index is 1.40. The summed E-state index contributed by atoms with van der Waals surface area (Å²) in [6.07, 6.45) is 0.199. The molecule has 1 fully saturated rings. The van der Waals surface area contributed by atoms with Crippen LogP contribution in [0.5, 0.6) is 0 Å². The van der Waals surface area contributed by atoms with Crippen LogP contribution in [0, 0.1) is 0 Å². The number of hydrogen-bond donors (Lipinski definition) is 1. The molecule has 0 radical (unpaired) electrons. The smallest absolute Gasteiger partial charge is 0.106 e. The van der Waals surface area contributed by atoms with Crippen LogP contribution in [-0.4, -0.2) is 25.9 Å². The molecule has 3 nitrogen and oxygen atoms in total. The van der Waals surface area contributed by atoms with Crippen molar-refractivity contribution in [1.29, 1.82) is 0 Å². The minimum atomic E-state index is 0.0663. The van der Waals surface area contributed by atoms with Crippen molar-refractivity contribution in [3.8, 4) is 0 Å². The third kappa shape index (κ3) is 4.14. The van der Waals surface area contributed by atoms with E-state index < -0.39 is 0 Å². The van der Waals surface area contributed by atoms with Gasteiger partial charge in [0.05, 0.1) is 19.3 Å². The molecule has 0 unspecified atom stereocenters. The van der Waals surface area contributed by atoms with Gasteiger partial charge in [0.2, 0.25) is 0 Å². The van der Waals surface area contributed by atoms with Gasteiger partial charge in [-0.25, -0.2) is 0 Å². The molecule has 0 aliphatic carbocycles. The van der Waals surface area contributed by atoms with E-state index in [9.17, 15) is 0 Å². The predicted octanol–water partition coefficient (Wildman–Crippen LogP) is 2.93. The van der Waals surface area contributed by atoms with Crippen molar-refractivity contribution in [2.45, 2.75) is 18.8 Å². The molecular formula is C18H21NO2. The van der Waals surface area contributed by atoms with Crippen LogP contribution in [-0.2, 0) is 16.0 Å². The minimum absolute atomic E-state index is 0.0663. The lowest BCUT2D eigenvalue weighted by molar-refractivity contribution is -0.133. The number of nitrogens with one attached hydrogen (secondary N) is 1. The van der Waals surface area contributed by atoms with E-state index in [4.69, 9.17) is 9.47 Å². The SMILES string of the molecule is c1ccc(CNC[C@@H]2CO[C@H](c3ccccc3)CO2)cc1. The summed E-state index contributed by atoms with van der Waals surface area (Å²) >= 11 is 0. The lowest BCUT2D eigenvalue weighted by Crippen LogP contribution is -2.38. The lowest BCUT2D eigenvalue weighted by Gasteiger charge is -2.30. The highest BCUT2D eigenvalue weighted by Gasteiger charge is 2.22. The van der Waals surface area contributed by atoms with Gasteiger partial charge >= 0.3 is 0 Å². The van der Waals surface area contributed by atoms with E-state index in [-0.39, 0.29) is 12.2 Å². The average Bonchev–Trinajstić information content (AvgIpc) is 2.57. The molecule has 0 aromatic heterocycles. The van der Waals surface area contributed by atoms with Crippen molar-refractivity contribution >= 4 is 0 Å². The highest BCUT2D eigenvalue weighted by atomic mass is 16.6. The zero-order chi connectivity index (χ0) is 14.3. The third-order valence-corrected chi connectivity index (χ3v) is 3.68. The van der Waals surface area contributed by atoms with Crippen molar-refractivity contribution in [1.82, 2.24) is 5.32 Å². The fourth-order valence-electron chi connectivity index (χ4n) is 2.49. The van der Waals surface area contributed by atoms with Crippen LogP contribution in [0.15, 0.2) is 60.7 Å². The molecule has 3 heteroatoms. The quantitative estimate of drug-likeness (QED) is 0.915. The maximum absolute atomic E-state index is 5.91. The second-order valence-corrected chi connectivity index (χ2v) is 5.30. The maximum Gasteiger partial charge on any atom is 0.106 e. The Hall–Kier alpha value is -1.68. The first-order valence-corrected chi connectivity index (χ1v) is 7.44. The van der Waals surface area contributed by atoms with Gasteiger partial charge in [0.1, 0.15) is 6.10 Å². The van der Waals surface area contributed by atoms with Gasteiger partial charge in [-0.3, -0.25) is 0 Å². The molecule has 3 rings (SSSR count). The fourth-order valence-corrected chi connectivity index (χ4v) is 2.49. The van der Waals surface area contributed by atoms with E-state index in [1.807, 2.05) is 24.3 Å². The Labute approximate surface area is 125 Å². The maximum atomic E-state index is 5.91. The number of rotatable bonds is 5. The first kappa shape index (κ1) is 14.3. The lowest BCUT2D eigenvalue weighted by atomic mass is 10.1. The van der Waals surface area contributed by atoms with Gasteiger partial charge in [0.15, 0.2) is 0 Å². The highest BCUT2D eigenvalue weighted by Crippen LogP contribution is 2.22. The van der Waals surface area contributed by atoms with Crippen LogP contribution < -0.4 is 5.32 Å². The standard InChI is InChI=1S/C18H21NO2/c1-3-7-15(8-4-1)11-19-12-17-13-21-18(14-20-17)16-9-5-2-6-10-16/h1-10,17-19H,11-14H2/t17-,18+/m1/s1. The molecule has 0 spiro atoms. The molecule has 0 bridgehead atoms. The number of hydrogen-bond acceptors (Lipinski definition) is 3.